The first kappa shape index (κ1) is 16.6. The molecule has 1 amide bonds. The highest BCUT2D eigenvalue weighted by Gasteiger charge is 2.43. The van der Waals surface area contributed by atoms with Gasteiger partial charge in [0, 0.05) is 43.7 Å². The summed E-state index contributed by atoms with van der Waals surface area (Å²) in [7, 11) is 0. The Morgan fingerprint density at radius 1 is 1.28 bits per heavy atom. The van der Waals surface area contributed by atoms with Crippen molar-refractivity contribution >= 4 is 16.8 Å². The van der Waals surface area contributed by atoms with Crippen LogP contribution in [0.15, 0.2) is 30.5 Å². The Morgan fingerprint density at radius 3 is 3.04 bits per heavy atom. The lowest BCUT2D eigenvalue weighted by Crippen LogP contribution is -2.54. The Bertz CT molecular complexity index is 781. The van der Waals surface area contributed by atoms with E-state index >= 15 is 0 Å². The van der Waals surface area contributed by atoms with Crippen LogP contribution in [0.1, 0.15) is 44.1 Å². The summed E-state index contributed by atoms with van der Waals surface area (Å²) >= 11 is 0. The minimum absolute atomic E-state index is 0.224. The molecule has 2 heterocycles. The van der Waals surface area contributed by atoms with E-state index in [9.17, 15) is 9.90 Å². The van der Waals surface area contributed by atoms with Gasteiger partial charge in [-0.15, -0.1) is 0 Å². The van der Waals surface area contributed by atoms with Gasteiger partial charge in [-0.2, -0.15) is 0 Å². The van der Waals surface area contributed by atoms with Crippen LogP contribution in [0, 0.1) is 12.8 Å². The SMILES string of the molecule is Cc1ccc2c(ccn2CCC(=O)N2CC[C@@]3(O)CCCC[C@@H]3C2)c1. The molecule has 1 aliphatic carbocycles. The molecule has 0 bridgehead atoms. The molecule has 2 fully saturated rings. The number of benzene rings is 1. The molecule has 1 aromatic carbocycles. The van der Waals surface area contributed by atoms with Gasteiger partial charge in [0.2, 0.25) is 5.91 Å². The number of nitrogens with zero attached hydrogens (tertiary/aromatic N) is 2. The van der Waals surface area contributed by atoms with Crippen LogP contribution < -0.4 is 0 Å². The molecule has 4 heteroatoms. The van der Waals surface area contributed by atoms with Crippen molar-refractivity contribution in [1.82, 2.24) is 9.47 Å². The minimum Gasteiger partial charge on any atom is -0.389 e. The maximum Gasteiger partial charge on any atom is 0.224 e. The zero-order valence-electron chi connectivity index (χ0n) is 15.1. The Hall–Kier alpha value is -1.81. The number of likely N-dealkylation sites (tertiary alicyclic amines) is 1. The molecule has 1 saturated heterocycles. The van der Waals surface area contributed by atoms with Crippen molar-refractivity contribution < 1.29 is 9.90 Å². The molecule has 25 heavy (non-hydrogen) atoms. The molecule has 1 saturated carbocycles. The van der Waals surface area contributed by atoms with Crippen molar-refractivity contribution in [3.63, 3.8) is 0 Å². The van der Waals surface area contributed by atoms with E-state index in [-0.39, 0.29) is 11.8 Å². The van der Waals surface area contributed by atoms with Gasteiger partial charge in [-0.05, 0) is 49.8 Å². The average Bonchev–Trinajstić information content (AvgIpc) is 3.00. The van der Waals surface area contributed by atoms with Gasteiger partial charge in [0.15, 0.2) is 0 Å². The van der Waals surface area contributed by atoms with Crippen LogP contribution >= 0.6 is 0 Å². The number of carbonyl (C=O) groups excluding carboxylic acids is 1. The number of aromatic nitrogens is 1. The van der Waals surface area contributed by atoms with Crippen molar-refractivity contribution in [1.29, 1.82) is 0 Å². The van der Waals surface area contributed by atoms with E-state index < -0.39 is 5.60 Å². The van der Waals surface area contributed by atoms with Crippen LogP contribution in [0.4, 0.5) is 0 Å². The molecular weight excluding hydrogens is 312 g/mol. The molecule has 134 valence electrons. The quantitative estimate of drug-likeness (QED) is 0.929. The second kappa shape index (κ2) is 6.49. The summed E-state index contributed by atoms with van der Waals surface area (Å²) in [6.07, 6.45) is 7.63. The van der Waals surface area contributed by atoms with Crippen LogP contribution in [-0.4, -0.2) is 39.2 Å². The molecule has 2 aliphatic rings. The Labute approximate surface area is 149 Å². The Balaban J connectivity index is 1.39. The molecule has 0 spiro atoms. The van der Waals surface area contributed by atoms with E-state index in [1.54, 1.807) is 0 Å². The first-order valence-corrected chi connectivity index (χ1v) is 9.61. The number of aryl methyl sites for hydroxylation is 2. The number of hydrogen-bond acceptors (Lipinski definition) is 2. The first-order valence-electron chi connectivity index (χ1n) is 9.61. The zero-order chi connectivity index (χ0) is 17.4. The highest BCUT2D eigenvalue weighted by molar-refractivity contribution is 5.81. The maximum atomic E-state index is 12.7. The van der Waals surface area contributed by atoms with Crippen LogP contribution in [0.2, 0.25) is 0 Å². The Kier molecular flexibility index (Phi) is 4.32. The van der Waals surface area contributed by atoms with Gasteiger partial charge in [-0.3, -0.25) is 4.79 Å². The number of rotatable bonds is 3. The van der Waals surface area contributed by atoms with E-state index in [1.807, 2.05) is 4.90 Å². The first-order chi connectivity index (χ1) is 12.0. The molecule has 2 atom stereocenters. The van der Waals surface area contributed by atoms with Crippen LogP contribution in [0.5, 0.6) is 0 Å². The van der Waals surface area contributed by atoms with E-state index in [0.717, 1.165) is 38.8 Å². The Morgan fingerprint density at radius 2 is 2.16 bits per heavy atom. The van der Waals surface area contributed by atoms with Crippen LogP contribution in [-0.2, 0) is 11.3 Å². The van der Waals surface area contributed by atoms with E-state index in [2.05, 4.69) is 42.0 Å². The third kappa shape index (κ3) is 3.20. The van der Waals surface area contributed by atoms with Crippen LogP contribution in [0.3, 0.4) is 0 Å². The summed E-state index contributed by atoms with van der Waals surface area (Å²) in [5.74, 6) is 0.496. The third-order valence-electron chi connectivity index (χ3n) is 6.27. The number of aliphatic hydroxyl groups is 1. The fraction of sp³-hybridized carbons (Fsp3) is 0.571. The zero-order valence-corrected chi connectivity index (χ0v) is 15.1. The van der Waals surface area contributed by atoms with Gasteiger partial charge >= 0.3 is 0 Å². The lowest BCUT2D eigenvalue weighted by molar-refractivity contribution is -0.143. The molecule has 0 unspecified atom stereocenters. The standard InChI is InChI=1S/C21H28N2O2/c1-16-5-6-19-17(14-16)7-11-22(19)12-8-20(24)23-13-10-21(25)9-3-2-4-18(21)15-23/h5-7,11,14,18,25H,2-4,8-10,12-13,15H2,1H3/t18-,21+/m1/s1. The molecule has 0 radical (unpaired) electrons. The predicted octanol–water partition coefficient (Wildman–Crippen LogP) is 3.49. The fourth-order valence-electron chi connectivity index (χ4n) is 4.69. The van der Waals surface area contributed by atoms with Gasteiger partial charge < -0.3 is 14.6 Å². The topological polar surface area (TPSA) is 45.5 Å². The predicted molar refractivity (Wildman–Crippen MR) is 99.4 cm³/mol. The highest BCUT2D eigenvalue weighted by Crippen LogP contribution is 2.39. The normalized spacial score (nSPS) is 26.6. The second-order valence-corrected chi connectivity index (χ2v) is 7.96. The number of carbonyl (C=O) groups is 1. The third-order valence-corrected chi connectivity index (χ3v) is 6.27. The summed E-state index contributed by atoms with van der Waals surface area (Å²) in [6, 6.07) is 8.56. The monoisotopic (exact) mass is 340 g/mol. The van der Waals surface area contributed by atoms with Gasteiger partial charge in [-0.1, -0.05) is 24.5 Å². The van der Waals surface area contributed by atoms with Crippen molar-refractivity contribution in [2.45, 2.75) is 57.6 Å². The average molecular weight is 340 g/mol. The maximum absolute atomic E-state index is 12.7. The lowest BCUT2D eigenvalue weighted by atomic mass is 9.71. The smallest absolute Gasteiger partial charge is 0.224 e. The molecule has 1 N–H and O–H groups in total. The molecule has 2 aromatic rings. The summed E-state index contributed by atoms with van der Waals surface area (Å²) in [6.45, 7) is 4.26. The number of amides is 1. The van der Waals surface area contributed by atoms with Crippen molar-refractivity contribution in [2.24, 2.45) is 5.92 Å². The molecule has 4 rings (SSSR count). The van der Waals surface area contributed by atoms with Crippen LogP contribution in [0.25, 0.3) is 10.9 Å². The number of piperidine rings is 1. The van der Waals surface area contributed by atoms with Crippen molar-refractivity contribution in [3.8, 4) is 0 Å². The summed E-state index contributed by atoms with van der Waals surface area (Å²) in [4.78, 5) is 14.7. The highest BCUT2D eigenvalue weighted by atomic mass is 16.3. The minimum atomic E-state index is -0.510. The molecule has 1 aliphatic heterocycles. The molecule has 4 nitrogen and oxygen atoms in total. The van der Waals surface area contributed by atoms with Crippen molar-refractivity contribution in [3.05, 3.63) is 36.0 Å². The fourth-order valence-corrected chi connectivity index (χ4v) is 4.69. The van der Waals surface area contributed by atoms with Gasteiger partial charge in [0.1, 0.15) is 0 Å². The summed E-state index contributed by atoms with van der Waals surface area (Å²) < 4.78 is 2.17. The summed E-state index contributed by atoms with van der Waals surface area (Å²) in [5.41, 5.74) is 1.94. The molecule has 1 aromatic heterocycles. The van der Waals surface area contributed by atoms with Gasteiger partial charge in [0.25, 0.3) is 0 Å². The lowest BCUT2D eigenvalue weighted by Gasteiger charge is -2.47. The molecular formula is C21H28N2O2. The van der Waals surface area contributed by atoms with Gasteiger partial charge in [-0.25, -0.2) is 0 Å². The van der Waals surface area contributed by atoms with E-state index in [4.69, 9.17) is 0 Å². The summed E-state index contributed by atoms with van der Waals surface area (Å²) in [5, 5.41) is 12.0. The second-order valence-electron chi connectivity index (χ2n) is 7.96. The number of hydrogen-bond donors (Lipinski definition) is 1. The number of fused-ring (bicyclic) bond motifs is 2. The van der Waals surface area contributed by atoms with Gasteiger partial charge in [0.05, 0.1) is 5.60 Å². The largest absolute Gasteiger partial charge is 0.389 e. The van der Waals surface area contributed by atoms with E-state index in [1.165, 1.54) is 22.9 Å². The van der Waals surface area contributed by atoms with E-state index in [0.29, 0.717) is 13.0 Å². The van der Waals surface area contributed by atoms with Crippen molar-refractivity contribution in [2.75, 3.05) is 13.1 Å².